The van der Waals surface area contributed by atoms with E-state index >= 15 is 0 Å². The summed E-state index contributed by atoms with van der Waals surface area (Å²) in [5, 5.41) is 2.81. The molecule has 0 spiro atoms. The summed E-state index contributed by atoms with van der Waals surface area (Å²) in [6, 6.07) is 17.2. The van der Waals surface area contributed by atoms with E-state index in [1.807, 2.05) is 0 Å². The number of carbonyl (C=O) groups excluding carboxylic acids is 1. The van der Waals surface area contributed by atoms with E-state index in [4.69, 9.17) is 0 Å². The first kappa shape index (κ1) is 21.0. The van der Waals surface area contributed by atoms with E-state index in [2.05, 4.69) is 43.4 Å². The normalized spacial score (nSPS) is 11.4. The highest BCUT2D eigenvalue weighted by molar-refractivity contribution is 7.92. The van der Waals surface area contributed by atoms with Gasteiger partial charge in [0.05, 0.1) is 11.9 Å². The first-order valence-electron chi connectivity index (χ1n) is 9.15. The molecule has 5 nitrogen and oxygen atoms in total. The molecular weight excluding hydrogens is 360 g/mol. The van der Waals surface area contributed by atoms with Gasteiger partial charge in [-0.25, -0.2) is 8.42 Å². The molecular formula is C21H28N2O3S. The zero-order valence-corrected chi connectivity index (χ0v) is 17.0. The van der Waals surface area contributed by atoms with Crippen LogP contribution in [0.1, 0.15) is 37.3 Å². The standard InChI is InChI=1S/C21H28N2O3S/c1-17(2)19-13-11-18(12-14-19)8-7-15-22-21(24)16-23(27(3,25)26)20-9-5-4-6-10-20/h4-6,9-14,17H,7-8,15-16H2,1-3H3,(H,22,24). The van der Waals surface area contributed by atoms with E-state index in [9.17, 15) is 13.2 Å². The van der Waals surface area contributed by atoms with Gasteiger partial charge in [0.1, 0.15) is 6.54 Å². The van der Waals surface area contributed by atoms with Gasteiger partial charge >= 0.3 is 0 Å². The number of hydrogen-bond acceptors (Lipinski definition) is 3. The van der Waals surface area contributed by atoms with E-state index in [1.54, 1.807) is 30.3 Å². The van der Waals surface area contributed by atoms with Crippen molar-refractivity contribution in [2.24, 2.45) is 0 Å². The van der Waals surface area contributed by atoms with Crippen molar-refractivity contribution in [2.75, 3.05) is 23.7 Å². The molecule has 0 aromatic heterocycles. The molecule has 0 unspecified atom stereocenters. The third-order valence-corrected chi connectivity index (χ3v) is 5.48. The van der Waals surface area contributed by atoms with Crippen molar-refractivity contribution in [3.05, 3.63) is 65.7 Å². The summed E-state index contributed by atoms with van der Waals surface area (Å²) in [5.74, 6) is 0.208. The van der Waals surface area contributed by atoms with Gasteiger partial charge in [0.15, 0.2) is 0 Å². The fourth-order valence-corrected chi connectivity index (χ4v) is 3.63. The molecule has 2 rings (SSSR count). The van der Waals surface area contributed by atoms with E-state index < -0.39 is 10.0 Å². The van der Waals surface area contributed by atoms with Crippen LogP contribution >= 0.6 is 0 Å². The second-order valence-electron chi connectivity index (χ2n) is 6.95. The largest absolute Gasteiger partial charge is 0.355 e. The lowest BCUT2D eigenvalue weighted by Crippen LogP contribution is -2.40. The lowest BCUT2D eigenvalue weighted by atomic mass is 10.0. The summed E-state index contributed by atoms with van der Waals surface area (Å²) in [4.78, 5) is 12.2. The molecule has 146 valence electrons. The minimum absolute atomic E-state index is 0.216. The molecule has 0 saturated heterocycles. The summed E-state index contributed by atoms with van der Waals surface area (Å²) >= 11 is 0. The van der Waals surface area contributed by atoms with Gasteiger partial charge in [0.25, 0.3) is 0 Å². The number of amides is 1. The molecule has 0 saturated carbocycles. The van der Waals surface area contributed by atoms with Crippen LogP contribution in [0.15, 0.2) is 54.6 Å². The molecule has 0 bridgehead atoms. The molecule has 1 N–H and O–H groups in total. The maximum atomic E-state index is 12.2. The Hall–Kier alpha value is -2.34. The van der Waals surface area contributed by atoms with Crippen molar-refractivity contribution in [3.8, 4) is 0 Å². The third kappa shape index (κ3) is 6.71. The Kier molecular flexibility index (Phi) is 7.42. The van der Waals surface area contributed by atoms with Crippen molar-refractivity contribution < 1.29 is 13.2 Å². The molecule has 0 heterocycles. The molecule has 2 aromatic rings. The van der Waals surface area contributed by atoms with Gasteiger partial charge in [-0.05, 0) is 42.0 Å². The van der Waals surface area contributed by atoms with E-state index in [1.165, 1.54) is 11.1 Å². The Morgan fingerprint density at radius 3 is 2.22 bits per heavy atom. The lowest BCUT2D eigenvalue weighted by molar-refractivity contribution is -0.119. The van der Waals surface area contributed by atoms with Gasteiger partial charge in [0, 0.05) is 6.54 Å². The van der Waals surface area contributed by atoms with Crippen molar-refractivity contribution >= 4 is 21.6 Å². The quantitative estimate of drug-likeness (QED) is 0.670. The second-order valence-corrected chi connectivity index (χ2v) is 8.86. The van der Waals surface area contributed by atoms with Gasteiger partial charge in [-0.1, -0.05) is 56.3 Å². The predicted molar refractivity (Wildman–Crippen MR) is 110 cm³/mol. The first-order chi connectivity index (χ1) is 12.8. The van der Waals surface area contributed by atoms with Crippen LogP contribution in [-0.2, 0) is 21.2 Å². The van der Waals surface area contributed by atoms with E-state index in [0.717, 1.165) is 23.4 Å². The molecule has 0 fully saturated rings. The number of nitrogens with zero attached hydrogens (tertiary/aromatic N) is 1. The molecule has 0 radical (unpaired) electrons. The highest BCUT2D eigenvalue weighted by Gasteiger charge is 2.20. The molecule has 0 aliphatic rings. The smallest absolute Gasteiger partial charge is 0.240 e. The van der Waals surface area contributed by atoms with Gasteiger partial charge in [-0.2, -0.15) is 0 Å². The Balaban J connectivity index is 1.82. The number of nitrogens with one attached hydrogen (secondary N) is 1. The molecule has 0 aliphatic heterocycles. The van der Waals surface area contributed by atoms with Crippen LogP contribution < -0.4 is 9.62 Å². The number of rotatable bonds is 9. The highest BCUT2D eigenvalue weighted by atomic mass is 32.2. The zero-order chi connectivity index (χ0) is 19.9. The third-order valence-electron chi connectivity index (χ3n) is 4.34. The summed E-state index contributed by atoms with van der Waals surface area (Å²) < 4.78 is 25.1. The SMILES string of the molecule is CC(C)c1ccc(CCCNC(=O)CN(c2ccccc2)S(C)(=O)=O)cc1. The number of benzene rings is 2. The Bertz CT molecular complexity index is 831. The average Bonchev–Trinajstić information content (AvgIpc) is 2.63. The lowest BCUT2D eigenvalue weighted by Gasteiger charge is -2.21. The Morgan fingerprint density at radius 2 is 1.67 bits per heavy atom. The Labute approximate surface area is 162 Å². The molecule has 27 heavy (non-hydrogen) atoms. The zero-order valence-electron chi connectivity index (χ0n) is 16.2. The monoisotopic (exact) mass is 388 g/mol. The van der Waals surface area contributed by atoms with Crippen molar-refractivity contribution in [3.63, 3.8) is 0 Å². The number of aryl methyl sites for hydroxylation is 1. The minimum atomic E-state index is -3.53. The van der Waals surface area contributed by atoms with Gasteiger partial charge < -0.3 is 5.32 Å². The number of anilines is 1. The minimum Gasteiger partial charge on any atom is -0.355 e. The summed E-state index contributed by atoms with van der Waals surface area (Å²) in [6.45, 7) is 4.63. The van der Waals surface area contributed by atoms with Crippen LogP contribution in [-0.4, -0.2) is 33.7 Å². The van der Waals surface area contributed by atoms with Crippen LogP contribution in [0, 0.1) is 0 Å². The highest BCUT2D eigenvalue weighted by Crippen LogP contribution is 2.16. The van der Waals surface area contributed by atoms with Gasteiger partial charge in [-0.15, -0.1) is 0 Å². The van der Waals surface area contributed by atoms with Crippen LogP contribution in [0.2, 0.25) is 0 Å². The van der Waals surface area contributed by atoms with Crippen LogP contribution in [0.5, 0.6) is 0 Å². The summed E-state index contributed by atoms with van der Waals surface area (Å²) in [7, 11) is -3.53. The van der Waals surface area contributed by atoms with E-state index in [0.29, 0.717) is 18.2 Å². The number of sulfonamides is 1. The molecule has 0 aliphatic carbocycles. The maximum absolute atomic E-state index is 12.2. The molecule has 1 amide bonds. The van der Waals surface area contributed by atoms with Crippen molar-refractivity contribution in [2.45, 2.75) is 32.6 Å². The van der Waals surface area contributed by atoms with Gasteiger partial charge in [0.2, 0.25) is 15.9 Å². The fourth-order valence-electron chi connectivity index (χ4n) is 2.77. The number of hydrogen-bond donors (Lipinski definition) is 1. The first-order valence-corrected chi connectivity index (χ1v) is 11.0. The number of para-hydroxylation sites is 1. The Morgan fingerprint density at radius 1 is 1.04 bits per heavy atom. The topological polar surface area (TPSA) is 66.5 Å². The maximum Gasteiger partial charge on any atom is 0.240 e. The molecule has 0 atom stereocenters. The predicted octanol–water partition coefficient (Wildman–Crippen LogP) is 3.33. The van der Waals surface area contributed by atoms with Crippen molar-refractivity contribution in [1.29, 1.82) is 0 Å². The van der Waals surface area contributed by atoms with Crippen LogP contribution in [0.25, 0.3) is 0 Å². The second kappa shape index (κ2) is 9.55. The fraction of sp³-hybridized carbons (Fsp3) is 0.381. The van der Waals surface area contributed by atoms with E-state index in [-0.39, 0.29) is 12.5 Å². The summed E-state index contributed by atoms with van der Waals surface area (Å²) in [6.07, 6.45) is 2.78. The number of carbonyl (C=O) groups is 1. The van der Waals surface area contributed by atoms with Crippen molar-refractivity contribution in [1.82, 2.24) is 5.32 Å². The average molecular weight is 389 g/mol. The summed E-state index contributed by atoms with van der Waals surface area (Å²) in [5.41, 5.74) is 3.03. The molecule has 2 aromatic carbocycles. The molecule has 6 heteroatoms. The van der Waals surface area contributed by atoms with Crippen LogP contribution in [0.3, 0.4) is 0 Å². The van der Waals surface area contributed by atoms with Crippen LogP contribution in [0.4, 0.5) is 5.69 Å². The van der Waals surface area contributed by atoms with Gasteiger partial charge in [-0.3, -0.25) is 9.10 Å².